The minimum absolute atomic E-state index is 0.758. The van der Waals surface area contributed by atoms with Gasteiger partial charge in [-0.05, 0) is 46.6 Å². The Morgan fingerprint density at radius 2 is 2.00 bits per heavy atom. The monoisotopic (exact) mass is 167 g/mol. The minimum atomic E-state index is 0.758. The Morgan fingerprint density at radius 1 is 1.25 bits per heavy atom. The molecule has 1 aliphatic heterocycles. The van der Waals surface area contributed by atoms with Crippen LogP contribution in [0.25, 0.3) is 0 Å². The van der Waals surface area contributed by atoms with Gasteiger partial charge in [-0.25, -0.2) is 0 Å². The largest absolute Gasteiger partial charge is 0.314 e. The summed E-state index contributed by atoms with van der Waals surface area (Å²) in [6.07, 6.45) is 5.39. The summed E-state index contributed by atoms with van der Waals surface area (Å²) in [5.41, 5.74) is 3.05. The Balaban J connectivity index is 2.34. The van der Waals surface area contributed by atoms with Crippen LogP contribution in [0.3, 0.4) is 0 Å². The van der Waals surface area contributed by atoms with Crippen molar-refractivity contribution in [2.75, 3.05) is 6.54 Å². The molecule has 0 aromatic carbocycles. The lowest BCUT2D eigenvalue weighted by Crippen LogP contribution is -2.34. The summed E-state index contributed by atoms with van der Waals surface area (Å²) in [4.78, 5) is 0. The van der Waals surface area contributed by atoms with Crippen molar-refractivity contribution in [1.82, 2.24) is 5.32 Å². The first-order valence-electron chi connectivity index (χ1n) is 5.06. The molecule has 0 aliphatic carbocycles. The van der Waals surface area contributed by atoms with E-state index in [-0.39, 0.29) is 0 Å². The smallest absolute Gasteiger partial charge is 0.0104 e. The van der Waals surface area contributed by atoms with Crippen LogP contribution in [0.5, 0.6) is 0 Å². The van der Waals surface area contributed by atoms with Gasteiger partial charge in [0.2, 0.25) is 0 Å². The number of piperidine rings is 1. The van der Waals surface area contributed by atoms with Crippen LogP contribution in [0, 0.1) is 0 Å². The summed E-state index contributed by atoms with van der Waals surface area (Å²) < 4.78 is 0. The van der Waals surface area contributed by atoms with Crippen LogP contribution in [-0.4, -0.2) is 12.6 Å². The quantitative estimate of drug-likeness (QED) is 0.624. The van der Waals surface area contributed by atoms with Gasteiger partial charge in [-0.3, -0.25) is 0 Å². The molecule has 0 amide bonds. The number of hydrogen-bond acceptors (Lipinski definition) is 1. The van der Waals surface area contributed by atoms with Crippen molar-refractivity contribution < 1.29 is 0 Å². The van der Waals surface area contributed by atoms with Crippen LogP contribution in [0.1, 0.15) is 46.5 Å². The molecule has 1 N–H and O–H groups in total. The molecule has 1 saturated heterocycles. The van der Waals surface area contributed by atoms with Crippen molar-refractivity contribution in [2.24, 2.45) is 0 Å². The van der Waals surface area contributed by atoms with Crippen LogP contribution in [-0.2, 0) is 0 Å². The van der Waals surface area contributed by atoms with Gasteiger partial charge >= 0.3 is 0 Å². The first-order chi connectivity index (χ1) is 5.70. The Kier molecular flexibility index (Phi) is 3.80. The predicted molar refractivity (Wildman–Crippen MR) is 54.3 cm³/mol. The standard InChI is InChI=1S/C11H21N/c1-9(2)10(3)8-11-6-4-5-7-12-11/h11-12H,4-8H2,1-3H3. The van der Waals surface area contributed by atoms with E-state index in [9.17, 15) is 0 Å². The molecule has 1 nitrogen and oxygen atoms in total. The summed E-state index contributed by atoms with van der Waals surface area (Å²) in [6, 6.07) is 0.758. The van der Waals surface area contributed by atoms with Gasteiger partial charge < -0.3 is 5.32 Å². The van der Waals surface area contributed by atoms with Gasteiger partial charge in [0.1, 0.15) is 0 Å². The highest BCUT2D eigenvalue weighted by Gasteiger charge is 2.12. The van der Waals surface area contributed by atoms with Crippen molar-refractivity contribution in [3.05, 3.63) is 11.1 Å². The van der Waals surface area contributed by atoms with Crippen LogP contribution < -0.4 is 5.32 Å². The Bertz CT molecular complexity index is 160. The topological polar surface area (TPSA) is 12.0 Å². The number of hydrogen-bond donors (Lipinski definition) is 1. The predicted octanol–water partition coefficient (Wildman–Crippen LogP) is 2.87. The molecule has 0 bridgehead atoms. The molecule has 0 aromatic heterocycles. The first kappa shape index (κ1) is 9.79. The molecule has 1 heterocycles. The van der Waals surface area contributed by atoms with Crippen molar-refractivity contribution in [1.29, 1.82) is 0 Å². The third-order valence-electron chi connectivity index (χ3n) is 2.82. The number of allylic oxidation sites excluding steroid dienone is 1. The molecular weight excluding hydrogens is 146 g/mol. The Labute approximate surface area is 76.2 Å². The maximum absolute atomic E-state index is 3.57. The van der Waals surface area contributed by atoms with E-state index < -0.39 is 0 Å². The SMILES string of the molecule is CC(C)=C(C)CC1CCCCN1. The van der Waals surface area contributed by atoms with Gasteiger partial charge in [-0.15, -0.1) is 0 Å². The average molecular weight is 167 g/mol. The molecule has 1 unspecified atom stereocenters. The van der Waals surface area contributed by atoms with E-state index in [0.717, 1.165) is 6.04 Å². The van der Waals surface area contributed by atoms with Crippen LogP contribution >= 0.6 is 0 Å². The van der Waals surface area contributed by atoms with Gasteiger partial charge in [-0.2, -0.15) is 0 Å². The summed E-state index contributed by atoms with van der Waals surface area (Å²) in [7, 11) is 0. The maximum atomic E-state index is 3.57. The van der Waals surface area contributed by atoms with Crippen molar-refractivity contribution in [3.63, 3.8) is 0 Å². The van der Waals surface area contributed by atoms with Gasteiger partial charge in [0.25, 0.3) is 0 Å². The summed E-state index contributed by atoms with van der Waals surface area (Å²) in [5.74, 6) is 0. The van der Waals surface area contributed by atoms with E-state index in [1.807, 2.05) is 0 Å². The lowest BCUT2D eigenvalue weighted by Gasteiger charge is -2.24. The molecule has 0 saturated carbocycles. The molecule has 70 valence electrons. The molecule has 1 atom stereocenters. The van der Waals surface area contributed by atoms with E-state index in [4.69, 9.17) is 0 Å². The van der Waals surface area contributed by atoms with Gasteiger partial charge in [-0.1, -0.05) is 17.6 Å². The maximum Gasteiger partial charge on any atom is 0.0104 e. The van der Waals surface area contributed by atoms with E-state index in [1.165, 1.54) is 37.8 Å². The molecule has 0 aromatic rings. The Morgan fingerprint density at radius 3 is 2.50 bits per heavy atom. The third-order valence-corrected chi connectivity index (χ3v) is 2.82. The van der Waals surface area contributed by atoms with Crippen LogP contribution in [0.2, 0.25) is 0 Å². The van der Waals surface area contributed by atoms with Crippen molar-refractivity contribution in [3.8, 4) is 0 Å². The molecule has 1 aliphatic rings. The van der Waals surface area contributed by atoms with E-state index in [2.05, 4.69) is 26.1 Å². The first-order valence-corrected chi connectivity index (χ1v) is 5.06. The molecule has 12 heavy (non-hydrogen) atoms. The third kappa shape index (κ3) is 2.98. The Hall–Kier alpha value is -0.300. The lowest BCUT2D eigenvalue weighted by atomic mass is 9.97. The van der Waals surface area contributed by atoms with Gasteiger partial charge in [0.05, 0.1) is 0 Å². The second kappa shape index (κ2) is 4.66. The highest BCUT2D eigenvalue weighted by Crippen LogP contribution is 2.16. The molecule has 0 radical (unpaired) electrons. The fourth-order valence-electron chi connectivity index (χ4n) is 1.67. The summed E-state index contributed by atoms with van der Waals surface area (Å²) in [5, 5.41) is 3.57. The summed E-state index contributed by atoms with van der Waals surface area (Å²) in [6.45, 7) is 7.89. The lowest BCUT2D eigenvalue weighted by molar-refractivity contribution is 0.398. The molecule has 1 heteroatoms. The molecular formula is C11H21N. The van der Waals surface area contributed by atoms with Crippen molar-refractivity contribution in [2.45, 2.75) is 52.5 Å². The zero-order valence-corrected chi connectivity index (χ0v) is 8.61. The average Bonchev–Trinajstić information content (AvgIpc) is 2.06. The fourth-order valence-corrected chi connectivity index (χ4v) is 1.67. The van der Waals surface area contributed by atoms with Crippen LogP contribution in [0.4, 0.5) is 0 Å². The van der Waals surface area contributed by atoms with E-state index >= 15 is 0 Å². The molecule has 1 fully saturated rings. The minimum Gasteiger partial charge on any atom is -0.314 e. The zero-order chi connectivity index (χ0) is 8.97. The van der Waals surface area contributed by atoms with Crippen LogP contribution in [0.15, 0.2) is 11.1 Å². The summed E-state index contributed by atoms with van der Waals surface area (Å²) >= 11 is 0. The fraction of sp³-hybridized carbons (Fsp3) is 0.818. The van der Waals surface area contributed by atoms with Crippen molar-refractivity contribution >= 4 is 0 Å². The highest BCUT2D eigenvalue weighted by atomic mass is 14.9. The molecule has 1 rings (SSSR count). The molecule has 0 spiro atoms. The number of rotatable bonds is 2. The van der Waals surface area contributed by atoms with Gasteiger partial charge in [0, 0.05) is 6.04 Å². The highest BCUT2D eigenvalue weighted by molar-refractivity contribution is 5.08. The number of nitrogens with one attached hydrogen (secondary N) is 1. The van der Waals surface area contributed by atoms with E-state index in [0.29, 0.717) is 0 Å². The normalized spacial score (nSPS) is 23.8. The zero-order valence-electron chi connectivity index (χ0n) is 8.61. The van der Waals surface area contributed by atoms with E-state index in [1.54, 1.807) is 5.57 Å². The second-order valence-corrected chi connectivity index (χ2v) is 4.13. The van der Waals surface area contributed by atoms with Gasteiger partial charge in [0.15, 0.2) is 0 Å². The second-order valence-electron chi connectivity index (χ2n) is 4.13.